The van der Waals surface area contributed by atoms with Gasteiger partial charge in [0.25, 0.3) is 0 Å². The van der Waals surface area contributed by atoms with Gasteiger partial charge in [-0.25, -0.2) is 0 Å². The van der Waals surface area contributed by atoms with E-state index in [1.165, 1.54) is 12.8 Å². The Kier molecular flexibility index (Phi) is 12.7. The van der Waals surface area contributed by atoms with Crippen LogP contribution in [0.2, 0.25) is 0 Å². The van der Waals surface area contributed by atoms with E-state index in [1.807, 2.05) is 49.4 Å². The summed E-state index contributed by atoms with van der Waals surface area (Å²) in [5, 5.41) is 0. The molecule has 0 saturated carbocycles. The average Bonchev–Trinajstić information content (AvgIpc) is 3.33. The molecule has 3 rings (SSSR count). The maximum Gasteiger partial charge on any atom is 0.242 e. The average molecular weight is 512 g/mol. The van der Waals surface area contributed by atoms with Crippen molar-refractivity contribution in [3.05, 3.63) is 59.5 Å². The Morgan fingerprint density at radius 3 is 2.32 bits per heavy atom. The number of furan rings is 1. The number of unbranched alkanes of at least 4 members (excludes halogenated alkanes) is 4. The predicted molar refractivity (Wildman–Crippen MR) is 146 cm³/mol. The van der Waals surface area contributed by atoms with E-state index in [1.54, 1.807) is 9.80 Å². The van der Waals surface area contributed by atoms with Crippen LogP contribution in [0.4, 0.5) is 0 Å². The van der Waals surface area contributed by atoms with E-state index in [0.29, 0.717) is 26.1 Å². The first-order valence-corrected chi connectivity index (χ1v) is 14.0. The first-order valence-electron chi connectivity index (χ1n) is 14.0. The Balaban J connectivity index is 1.64. The summed E-state index contributed by atoms with van der Waals surface area (Å²) in [5.74, 6) is 1.61. The Bertz CT molecular complexity index is 924. The van der Waals surface area contributed by atoms with Crippen molar-refractivity contribution in [2.75, 3.05) is 45.9 Å². The van der Waals surface area contributed by atoms with Crippen molar-refractivity contribution in [3.8, 4) is 0 Å². The minimum absolute atomic E-state index is 0.0522. The summed E-state index contributed by atoms with van der Waals surface area (Å²) in [4.78, 5) is 32.8. The van der Waals surface area contributed by atoms with E-state index < -0.39 is 0 Å². The number of hydrogen-bond acceptors (Lipinski definition) is 5. The molecule has 1 aromatic carbocycles. The number of carbonyl (C=O) groups is 2. The van der Waals surface area contributed by atoms with Crippen molar-refractivity contribution in [2.24, 2.45) is 0 Å². The maximum absolute atomic E-state index is 13.6. The lowest BCUT2D eigenvalue weighted by molar-refractivity contribution is -0.141. The van der Waals surface area contributed by atoms with E-state index >= 15 is 0 Å². The molecule has 0 bridgehead atoms. The van der Waals surface area contributed by atoms with Crippen molar-refractivity contribution in [2.45, 2.75) is 71.9 Å². The Labute approximate surface area is 222 Å². The molecule has 0 radical (unpaired) electrons. The summed E-state index contributed by atoms with van der Waals surface area (Å²) >= 11 is 0. The monoisotopic (exact) mass is 511 g/mol. The van der Waals surface area contributed by atoms with Gasteiger partial charge >= 0.3 is 0 Å². The summed E-state index contributed by atoms with van der Waals surface area (Å²) < 4.78 is 11.2. The van der Waals surface area contributed by atoms with Crippen molar-refractivity contribution < 1.29 is 18.7 Å². The molecule has 1 aliphatic heterocycles. The SMILES string of the molecule is CCCCCCCC(=O)N(CCCN1CCOCC1)CC(=O)N(Cc1ccccc1)Cc1ccc(C)o1. The zero-order valence-electron chi connectivity index (χ0n) is 22.8. The molecular weight excluding hydrogens is 466 g/mol. The second kappa shape index (κ2) is 16.3. The fraction of sp³-hybridized carbons (Fsp3) is 0.600. The maximum atomic E-state index is 13.6. The molecule has 37 heavy (non-hydrogen) atoms. The first-order chi connectivity index (χ1) is 18.0. The molecule has 7 heteroatoms. The molecule has 1 saturated heterocycles. The number of amides is 2. The Hall–Kier alpha value is -2.64. The summed E-state index contributed by atoms with van der Waals surface area (Å²) in [6.07, 6.45) is 6.85. The van der Waals surface area contributed by atoms with Crippen LogP contribution in [0.1, 0.15) is 69.0 Å². The number of hydrogen-bond donors (Lipinski definition) is 0. The Morgan fingerprint density at radius 2 is 1.62 bits per heavy atom. The molecule has 2 heterocycles. The molecule has 0 unspecified atom stereocenters. The molecule has 2 amide bonds. The van der Waals surface area contributed by atoms with Crippen LogP contribution in [0.25, 0.3) is 0 Å². The zero-order chi connectivity index (χ0) is 26.3. The fourth-order valence-corrected chi connectivity index (χ4v) is 4.70. The third-order valence-corrected chi connectivity index (χ3v) is 6.89. The number of rotatable bonds is 16. The highest BCUT2D eigenvalue weighted by atomic mass is 16.5. The summed E-state index contributed by atoms with van der Waals surface area (Å²) in [7, 11) is 0. The van der Waals surface area contributed by atoms with Crippen LogP contribution < -0.4 is 0 Å². The van der Waals surface area contributed by atoms with Gasteiger partial charge in [-0.15, -0.1) is 0 Å². The predicted octanol–water partition coefficient (Wildman–Crippen LogP) is 5.03. The highest BCUT2D eigenvalue weighted by Crippen LogP contribution is 2.15. The number of aryl methyl sites for hydroxylation is 1. The number of benzene rings is 1. The van der Waals surface area contributed by atoms with Gasteiger partial charge in [-0.05, 0) is 37.5 Å². The molecule has 204 valence electrons. The second-order valence-corrected chi connectivity index (χ2v) is 10.0. The number of nitrogens with zero attached hydrogens (tertiary/aromatic N) is 3. The van der Waals surface area contributed by atoms with Gasteiger partial charge in [-0.2, -0.15) is 0 Å². The fourth-order valence-electron chi connectivity index (χ4n) is 4.70. The standard InChI is InChI=1S/C30H45N3O4/c1-3-4-5-6-10-14-29(34)32(18-11-17-31-19-21-36-22-20-31)25-30(35)33(23-27-12-8-7-9-13-27)24-28-16-15-26(2)37-28/h7-9,12-13,15-16H,3-6,10-11,14,17-25H2,1-2H3. The minimum Gasteiger partial charge on any atom is -0.464 e. The van der Waals surface area contributed by atoms with Crippen LogP contribution in [0.3, 0.4) is 0 Å². The molecule has 0 aliphatic carbocycles. The largest absolute Gasteiger partial charge is 0.464 e. The van der Waals surface area contributed by atoms with Crippen molar-refractivity contribution in [1.29, 1.82) is 0 Å². The lowest BCUT2D eigenvalue weighted by Gasteiger charge is -2.30. The number of ether oxygens (including phenoxy) is 1. The Morgan fingerprint density at radius 1 is 0.865 bits per heavy atom. The summed E-state index contributed by atoms with van der Waals surface area (Å²) in [5.41, 5.74) is 1.06. The summed E-state index contributed by atoms with van der Waals surface area (Å²) in [6, 6.07) is 13.8. The molecule has 1 fully saturated rings. The van der Waals surface area contributed by atoms with Crippen LogP contribution in [0.15, 0.2) is 46.9 Å². The normalized spacial score (nSPS) is 14.0. The van der Waals surface area contributed by atoms with Gasteiger partial charge in [0.05, 0.1) is 26.3 Å². The molecule has 1 aromatic heterocycles. The van der Waals surface area contributed by atoms with Gasteiger partial charge in [0.2, 0.25) is 11.8 Å². The smallest absolute Gasteiger partial charge is 0.242 e. The zero-order valence-corrected chi connectivity index (χ0v) is 22.8. The van der Waals surface area contributed by atoms with Crippen LogP contribution >= 0.6 is 0 Å². The highest BCUT2D eigenvalue weighted by molar-refractivity contribution is 5.84. The first kappa shape index (κ1) is 28.9. The van der Waals surface area contributed by atoms with Crippen LogP contribution in [0, 0.1) is 6.92 Å². The van der Waals surface area contributed by atoms with Crippen LogP contribution in [-0.4, -0.2) is 72.5 Å². The van der Waals surface area contributed by atoms with Gasteiger partial charge in [0.1, 0.15) is 11.5 Å². The van der Waals surface area contributed by atoms with Gasteiger partial charge < -0.3 is 19.0 Å². The van der Waals surface area contributed by atoms with Crippen LogP contribution in [0.5, 0.6) is 0 Å². The van der Waals surface area contributed by atoms with Gasteiger partial charge in [-0.1, -0.05) is 62.9 Å². The second-order valence-electron chi connectivity index (χ2n) is 10.0. The summed E-state index contributed by atoms with van der Waals surface area (Å²) in [6.45, 7) is 9.95. The number of morpholine rings is 1. The lowest BCUT2D eigenvalue weighted by Crippen LogP contribution is -2.44. The van der Waals surface area contributed by atoms with Gasteiger partial charge in [0, 0.05) is 39.1 Å². The van der Waals surface area contributed by atoms with Crippen LogP contribution in [-0.2, 0) is 27.4 Å². The molecular formula is C30H45N3O4. The highest BCUT2D eigenvalue weighted by Gasteiger charge is 2.23. The topological polar surface area (TPSA) is 66.2 Å². The lowest BCUT2D eigenvalue weighted by atomic mass is 10.1. The van der Waals surface area contributed by atoms with Crippen molar-refractivity contribution in [1.82, 2.24) is 14.7 Å². The van der Waals surface area contributed by atoms with Crippen molar-refractivity contribution >= 4 is 11.8 Å². The third kappa shape index (κ3) is 10.7. The molecule has 0 spiro atoms. The number of carbonyl (C=O) groups excluding carboxylic acids is 2. The van der Waals surface area contributed by atoms with E-state index in [4.69, 9.17) is 9.15 Å². The molecule has 1 aliphatic rings. The van der Waals surface area contributed by atoms with Crippen molar-refractivity contribution in [3.63, 3.8) is 0 Å². The van der Waals surface area contributed by atoms with E-state index in [0.717, 1.165) is 75.6 Å². The van der Waals surface area contributed by atoms with E-state index in [9.17, 15) is 9.59 Å². The van der Waals surface area contributed by atoms with E-state index in [2.05, 4.69) is 11.8 Å². The minimum atomic E-state index is -0.0522. The molecule has 7 nitrogen and oxygen atoms in total. The molecule has 0 N–H and O–H groups in total. The molecule has 0 atom stereocenters. The van der Waals surface area contributed by atoms with E-state index in [-0.39, 0.29) is 18.4 Å². The quantitative estimate of drug-likeness (QED) is 0.296. The van der Waals surface area contributed by atoms with Gasteiger partial charge in [0.15, 0.2) is 0 Å². The third-order valence-electron chi connectivity index (χ3n) is 6.89. The molecule has 2 aromatic rings. The van der Waals surface area contributed by atoms with Gasteiger partial charge in [-0.3, -0.25) is 14.5 Å².